The van der Waals surface area contributed by atoms with E-state index in [1.807, 2.05) is 26.1 Å². The van der Waals surface area contributed by atoms with E-state index in [2.05, 4.69) is 32.2 Å². The number of hydrogen-bond acceptors (Lipinski definition) is 10. The number of carbonyl (C=O) groups excluding carboxylic acids is 4. The van der Waals surface area contributed by atoms with Crippen molar-refractivity contribution in [2.75, 3.05) is 46.9 Å². The third-order valence-electron chi connectivity index (χ3n) is 13.0. The zero-order valence-corrected chi connectivity index (χ0v) is 34.8. The van der Waals surface area contributed by atoms with Crippen molar-refractivity contribution in [1.29, 1.82) is 0 Å². The molecule has 2 aromatic rings. The number of allylic oxidation sites excluding steroid dienone is 1. The molecule has 0 spiro atoms. The number of benzene rings is 1. The fraction of sp³-hybridized carbons (Fsp3) is 0.634. The van der Waals surface area contributed by atoms with E-state index in [0.29, 0.717) is 69.1 Å². The van der Waals surface area contributed by atoms with Crippen molar-refractivity contribution in [3.05, 3.63) is 42.4 Å². The van der Waals surface area contributed by atoms with Gasteiger partial charge in [-0.1, -0.05) is 32.4 Å². The number of amides is 5. The van der Waals surface area contributed by atoms with E-state index in [-0.39, 0.29) is 48.9 Å². The average Bonchev–Trinajstić information content (AvgIpc) is 4.07. The molecule has 0 radical (unpaired) electrons. The summed E-state index contributed by atoms with van der Waals surface area (Å²) >= 11 is 0. The lowest BCUT2D eigenvalue weighted by molar-refractivity contribution is -0.142. The highest BCUT2D eigenvalue weighted by Gasteiger charge is 2.63. The maximum atomic E-state index is 15.1. The number of aromatic nitrogens is 1. The minimum atomic E-state index is -4.02. The molecule has 2 aliphatic carbocycles. The fourth-order valence-electron chi connectivity index (χ4n) is 8.60. The van der Waals surface area contributed by atoms with Gasteiger partial charge in [-0.2, -0.15) is 0 Å². The van der Waals surface area contributed by atoms with Gasteiger partial charge in [0.15, 0.2) is 11.6 Å². The molecule has 0 unspecified atom stereocenters. The number of nitrogens with zero attached hydrogens (tertiary/aromatic N) is 4. The number of ether oxygens (including phenoxy) is 2. The number of pyridine rings is 1. The Balaban J connectivity index is 1.23. The smallest absolute Gasteiger partial charge is 0.318 e. The van der Waals surface area contributed by atoms with Gasteiger partial charge in [-0.25, -0.2) is 22.6 Å². The van der Waals surface area contributed by atoms with E-state index in [4.69, 9.17) is 9.47 Å². The third kappa shape index (κ3) is 8.34. The van der Waals surface area contributed by atoms with Crippen LogP contribution in [0.15, 0.2) is 36.5 Å². The number of rotatable bonds is 8. The van der Waals surface area contributed by atoms with Crippen molar-refractivity contribution in [3.8, 4) is 11.6 Å². The molecule has 7 rings (SSSR count). The Morgan fingerprint density at radius 2 is 1.86 bits per heavy atom. The summed E-state index contributed by atoms with van der Waals surface area (Å²) in [5, 5.41) is 6.96. The SMILES string of the molecule is CC[C@@H]1C[C@H](C)CCC=C[C@@H]2C[C@@]2(C(=O)NS(=O)(=O)C2(C)CC2)NC(=O)[C@@H]2C[C@@H](Oc3nccc4cc(OC)c(F)cc34)CN2C(=O)[C@H]1NC(=O)N1CCN(C)CC1. The van der Waals surface area contributed by atoms with Crippen molar-refractivity contribution in [3.63, 3.8) is 0 Å². The first kappa shape index (κ1) is 41.6. The number of carbonyl (C=O) groups is 4. The van der Waals surface area contributed by atoms with Gasteiger partial charge in [0.1, 0.15) is 23.7 Å². The van der Waals surface area contributed by atoms with Gasteiger partial charge in [-0.3, -0.25) is 19.1 Å². The molecule has 3 aliphatic heterocycles. The summed E-state index contributed by atoms with van der Waals surface area (Å²) < 4.78 is 54.2. The zero-order chi connectivity index (χ0) is 41.6. The van der Waals surface area contributed by atoms with Crippen LogP contribution in [-0.4, -0.2) is 127 Å². The van der Waals surface area contributed by atoms with E-state index in [0.717, 1.165) is 6.42 Å². The van der Waals surface area contributed by atoms with Gasteiger partial charge in [0, 0.05) is 50.1 Å². The summed E-state index contributed by atoms with van der Waals surface area (Å²) in [5.74, 6) is -2.97. The number of hydrogen-bond donors (Lipinski definition) is 3. The highest BCUT2D eigenvalue weighted by molar-refractivity contribution is 7.91. The van der Waals surface area contributed by atoms with Crippen LogP contribution in [0, 0.1) is 23.6 Å². The first-order valence-corrected chi connectivity index (χ1v) is 21.9. The van der Waals surface area contributed by atoms with Crippen molar-refractivity contribution in [2.24, 2.45) is 17.8 Å². The molecule has 4 heterocycles. The van der Waals surface area contributed by atoms with Crippen LogP contribution in [0.3, 0.4) is 0 Å². The minimum Gasteiger partial charge on any atom is -0.494 e. The van der Waals surface area contributed by atoms with Crippen molar-refractivity contribution in [1.82, 2.24) is 35.0 Å². The van der Waals surface area contributed by atoms with Crippen LogP contribution in [0.4, 0.5) is 9.18 Å². The van der Waals surface area contributed by atoms with Gasteiger partial charge >= 0.3 is 6.03 Å². The van der Waals surface area contributed by atoms with Crippen molar-refractivity contribution in [2.45, 2.75) is 101 Å². The molecule has 7 atom stereocenters. The van der Waals surface area contributed by atoms with Gasteiger partial charge in [0.25, 0.3) is 5.91 Å². The number of likely N-dealkylation sites (N-methyl/N-ethyl adjacent to an activating group) is 1. The second kappa shape index (κ2) is 16.3. The number of piperazine rings is 1. The molecule has 15 nitrogen and oxygen atoms in total. The number of urea groups is 1. The van der Waals surface area contributed by atoms with E-state index in [1.165, 1.54) is 30.3 Å². The molecule has 58 heavy (non-hydrogen) atoms. The average molecular weight is 826 g/mol. The Morgan fingerprint density at radius 3 is 2.55 bits per heavy atom. The summed E-state index contributed by atoms with van der Waals surface area (Å²) in [6.07, 6.45) is 8.23. The molecule has 316 valence electrons. The molecular formula is C41H56FN7O8S. The van der Waals surface area contributed by atoms with Crippen LogP contribution in [0.5, 0.6) is 11.6 Å². The van der Waals surface area contributed by atoms with Crippen LogP contribution in [-0.2, 0) is 24.4 Å². The molecule has 2 saturated carbocycles. The van der Waals surface area contributed by atoms with Crippen molar-refractivity contribution < 1.29 is 41.5 Å². The molecule has 1 aromatic carbocycles. The highest BCUT2D eigenvalue weighted by Crippen LogP contribution is 2.47. The molecule has 4 fully saturated rings. The number of fused-ring (bicyclic) bond motifs is 3. The second-order valence-corrected chi connectivity index (χ2v) is 19.4. The largest absolute Gasteiger partial charge is 0.494 e. The van der Waals surface area contributed by atoms with Crippen LogP contribution >= 0.6 is 0 Å². The van der Waals surface area contributed by atoms with Gasteiger partial charge < -0.3 is 34.8 Å². The maximum absolute atomic E-state index is 15.1. The van der Waals surface area contributed by atoms with Gasteiger partial charge in [-0.05, 0) is 87.9 Å². The third-order valence-corrected chi connectivity index (χ3v) is 15.1. The summed E-state index contributed by atoms with van der Waals surface area (Å²) in [6, 6.07) is 1.98. The number of nitrogens with one attached hydrogen (secondary N) is 3. The second-order valence-electron chi connectivity index (χ2n) is 17.2. The lowest BCUT2D eigenvalue weighted by Gasteiger charge is -2.37. The van der Waals surface area contributed by atoms with Gasteiger partial charge in [-0.15, -0.1) is 0 Å². The topological polar surface area (TPSA) is 180 Å². The van der Waals surface area contributed by atoms with E-state index in [9.17, 15) is 27.2 Å². The molecule has 2 saturated heterocycles. The van der Waals surface area contributed by atoms with Crippen LogP contribution in [0.1, 0.15) is 72.1 Å². The lowest BCUT2D eigenvalue weighted by atomic mass is 9.85. The van der Waals surface area contributed by atoms with Crippen LogP contribution < -0.4 is 24.8 Å². The molecule has 1 aromatic heterocycles. The first-order chi connectivity index (χ1) is 27.6. The first-order valence-electron chi connectivity index (χ1n) is 20.5. The fourth-order valence-corrected chi connectivity index (χ4v) is 9.92. The molecule has 0 bridgehead atoms. The predicted molar refractivity (Wildman–Crippen MR) is 214 cm³/mol. The Labute approximate surface area is 339 Å². The summed E-state index contributed by atoms with van der Waals surface area (Å²) in [6.45, 7) is 7.99. The van der Waals surface area contributed by atoms with Gasteiger partial charge in [0.2, 0.25) is 27.7 Å². The number of halogens is 1. The predicted octanol–water partition coefficient (Wildman–Crippen LogP) is 3.33. The number of methoxy groups -OCH3 is 1. The molecular weight excluding hydrogens is 770 g/mol. The monoisotopic (exact) mass is 825 g/mol. The van der Waals surface area contributed by atoms with E-state index >= 15 is 4.79 Å². The summed E-state index contributed by atoms with van der Waals surface area (Å²) in [4.78, 5) is 67.2. The van der Waals surface area contributed by atoms with Crippen LogP contribution in [0.25, 0.3) is 10.8 Å². The molecule has 5 amide bonds. The molecule has 5 aliphatic rings. The highest BCUT2D eigenvalue weighted by atomic mass is 32.2. The lowest BCUT2D eigenvalue weighted by Crippen LogP contribution is -2.61. The normalized spacial score (nSPS) is 30.3. The van der Waals surface area contributed by atoms with Crippen molar-refractivity contribution >= 4 is 44.5 Å². The van der Waals surface area contributed by atoms with E-state index < -0.39 is 68.0 Å². The number of sulfonamides is 1. The molecule has 3 N–H and O–H groups in total. The molecule has 17 heteroatoms. The standard InChI is InChI=1S/C41H56FN7O8S/c1-6-26-19-25(2)9-7-8-10-28-23-41(28,38(52)46-58(54,55)40(3)12-13-40)45-35(50)32-21-29(57-36-30-22-31(42)33(56-5)20-27(30)11-14-43-36)24-49(32)37(51)34(26)44-39(53)48-17-15-47(4)16-18-48/h8,10-11,14,20,22,25-26,28-29,32,34H,6-7,9,12-13,15-19,21,23-24H2,1-5H3,(H,44,53)(H,45,50)(H,46,52)/t25-,26-,28-,29-,32+,34+,41-/m1/s1. The summed E-state index contributed by atoms with van der Waals surface area (Å²) in [7, 11) is -0.660. The Bertz CT molecular complexity index is 2070. The summed E-state index contributed by atoms with van der Waals surface area (Å²) in [5.41, 5.74) is -1.56. The Kier molecular flexibility index (Phi) is 11.7. The Morgan fingerprint density at radius 1 is 1.12 bits per heavy atom. The zero-order valence-electron chi connectivity index (χ0n) is 34.0. The van der Waals surface area contributed by atoms with Gasteiger partial charge in [0.05, 0.1) is 18.4 Å². The maximum Gasteiger partial charge on any atom is 0.318 e. The minimum absolute atomic E-state index is 0.0187. The Hall–Kier alpha value is -4.51. The van der Waals surface area contributed by atoms with E-state index in [1.54, 1.807) is 17.9 Å². The van der Waals surface area contributed by atoms with Crippen LogP contribution in [0.2, 0.25) is 0 Å². The quantitative estimate of drug-likeness (QED) is 0.335.